The molecule has 2 aromatic rings. The molecule has 0 spiro atoms. The number of imidazole rings is 1. The Kier molecular flexibility index (Phi) is 3.36. The van der Waals surface area contributed by atoms with Gasteiger partial charge in [-0.05, 0) is 56.0 Å². The highest BCUT2D eigenvalue weighted by Gasteiger charge is 2.33. The molecule has 0 amide bonds. The van der Waals surface area contributed by atoms with Gasteiger partial charge in [-0.2, -0.15) is 0 Å². The highest BCUT2D eigenvalue weighted by molar-refractivity contribution is 7.71. The fourth-order valence-electron chi connectivity index (χ4n) is 3.38. The quantitative estimate of drug-likeness (QED) is 0.819. The molecule has 0 aliphatic heterocycles. The van der Waals surface area contributed by atoms with Gasteiger partial charge in [0.2, 0.25) is 0 Å². The molecule has 1 saturated carbocycles. The Balaban J connectivity index is 2.10. The molecule has 3 rings (SSSR count). The number of hydrogen-bond donors (Lipinski definition) is 1. The molecule has 3 nitrogen and oxygen atoms in total. The van der Waals surface area contributed by atoms with Crippen molar-refractivity contribution in [3.63, 3.8) is 0 Å². The maximum absolute atomic E-state index is 5.70. The third-order valence-electron chi connectivity index (χ3n) is 4.32. The summed E-state index contributed by atoms with van der Waals surface area (Å²) in [6, 6.07) is 6.69. The van der Waals surface area contributed by atoms with Gasteiger partial charge in [0.05, 0.1) is 12.1 Å². The molecule has 4 heteroatoms. The zero-order chi connectivity index (χ0) is 14.3. The number of aromatic nitrogens is 2. The van der Waals surface area contributed by atoms with Crippen molar-refractivity contribution in [3.8, 4) is 5.75 Å². The van der Waals surface area contributed by atoms with Gasteiger partial charge < -0.3 is 14.3 Å². The minimum atomic E-state index is 0.417. The lowest BCUT2D eigenvalue weighted by atomic mass is 9.92. The van der Waals surface area contributed by atoms with Crippen LogP contribution in [0.3, 0.4) is 0 Å². The highest BCUT2D eigenvalue weighted by atomic mass is 32.1. The van der Waals surface area contributed by atoms with E-state index < -0.39 is 0 Å². The van der Waals surface area contributed by atoms with Gasteiger partial charge in [-0.25, -0.2) is 0 Å². The van der Waals surface area contributed by atoms with Crippen molar-refractivity contribution >= 4 is 23.3 Å². The van der Waals surface area contributed by atoms with Gasteiger partial charge in [0.1, 0.15) is 11.3 Å². The number of nitrogens with one attached hydrogen (secondary N) is 1. The molecule has 20 heavy (non-hydrogen) atoms. The summed E-state index contributed by atoms with van der Waals surface area (Å²) in [6.45, 7) is 7.36. The Labute approximate surface area is 125 Å². The average Bonchev–Trinajstić information content (AvgIpc) is 2.89. The predicted molar refractivity (Wildman–Crippen MR) is 85.0 cm³/mol. The second-order valence-electron chi connectivity index (χ2n) is 6.44. The molecule has 1 heterocycles. The van der Waals surface area contributed by atoms with Crippen molar-refractivity contribution in [1.82, 2.24) is 9.55 Å². The number of para-hydroxylation sites is 1. The maximum Gasteiger partial charge on any atom is 0.178 e. The van der Waals surface area contributed by atoms with Crippen LogP contribution in [-0.2, 0) is 0 Å². The number of rotatable bonds is 3. The minimum Gasteiger partial charge on any atom is -0.492 e. The van der Waals surface area contributed by atoms with Gasteiger partial charge in [-0.3, -0.25) is 0 Å². The van der Waals surface area contributed by atoms with Crippen molar-refractivity contribution in [3.05, 3.63) is 23.0 Å². The molecular weight excluding hydrogens is 268 g/mol. The Hall–Kier alpha value is -1.29. The summed E-state index contributed by atoms with van der Waals surface area (Å²) in [5.74, 6) is 0.895. The zero-order valence-electron chi connectivity index (χ0n) is 12.4. The van der Waals surface area contributed by atoms with E-state index in [1.54, 1.807) is 0 Å². The topological polar surface area (TPSA) is 29.9 Å². The number of benzene rings is 1. The first kappa shape index (κ1) is 13.7. The number of hydrogen-bond acceptors (Lipinski definition) is 2. The molecule has 1 aliphatic rings. The van der Waals surface area contributed by atoms with Crippen LogP contribution < -0.4 is 4.74 Å². The summed E-state index contributed by atoms with van der Waals surface area (Å²) >= 11 is 5.56. The molecule has 1 aromatic carbocycles. The zero-order valence-corrected chi connectivity index (χ0v) is 13.2. The number of ether oxygens (including phenoxy) is 1. The standard InChI is InChI=1S/C16H22N2OS/c1-4-19-13-7-5-6-12-14(13)17-15(20)18(12)11-8-9-16(2,3)10-11/h5-7,11H,4,8-10H2,1-3H3,(H,17,20). The van der Waals surface area contributed by atoms with E-state index >= 15 is 0 Å². The number of fused-ring (bicyclic) bond motifs is 1. The van der Waals surface area contributed by atoms with E-state index in [-0.39, 0.29) is 0 Å². The smallest absolute Gasteiger partial charge is 0.178 e. The molecule has 1 unspecified atom stereocenters. The van der Waals surface area contributed by atoms with Gasteiger partial charge in [-0.15, -0.1) is 0 Å². The predicted octanol–water partition coefficient (Wildman–Crippen LogP) is 4.85. The molecule has 1 N–H and O–H groups in total. The Morgan fingerprint density at radius 1 is 1.45 bits per heavy atom. The van der Waals surface area contributed by atoms with Crippen LogP contribution in [0.25, 0.3) is 11.0 Å². The lowest BCUT2D eigenvalue weighted by molar-refractivity contribution is 0.343. The van der Waals surface area contributed by atoms with Crippen LogP contribution in [0.15, 0.2) is 18.2 Å². The third-order valence-corrected chi connectivity index (χ3v) is 4.62. The van der Waals surface area contributed by atoms with E-state index in [4.69, 9.17) is 17.0 Å². The van der Waals surface area contributed by atoms with Crippen molar-refractivity contribution < 1.29 is 4.74 Å². The van der Waals surface area contributed by atoms with Crippen LogP contribution in [0.4, 0.5) is 0 Å². The largest absolute Gasteiger partial charge is 0.492 e. The second kappa shape index (κ2) is 4.92. The molecule has 0 bridgehead atoms. The summed E-state index contributed by atoms with van der Waals surface area (Å²) in [6.07, 6.45) is 3.65. The van der Waals surface area contributed by atoms with Crippen molar-refractivity contribution in [2.24, 2.45) is 5.41 Å². The molecule has 1 aliphatic carbocycles. The van der Waals surface area contributed by atoms with Crippen LogP contribution in [0.1, 0.15) is 46.1 Å². The Morgan fingerprint density at radius 3 is 2.90 bits per heavy atom. The molecule has 1 atom stereocenters. The third kappa shape index (κ3) is 2.26. The van der Waals surface area contributed by atoms with E-state index in [1.807, 2.05) is 19.1 Å². The maximum atomic E-state index is 5.70. The van der Waals surface area contributed by atoms with Gasteiger partial charge in [-0.1, -0.05) is 19.9 Å². The van der Waals surface area contributed by atoms with Gasteiger partial charge in [0, 0.05) is 6.04 Å². The molecule has 108 valence electrons. The first-order chi connectivity index (χ1) is 9.52. The monoisotopic (exact) mass is 290 g/mol. The van der Waals surface area contributed by atoms with Crippen LogP contribution >= 0.6 is 12.2 Å². The van der Waals surface area contributed by atoms with E-state index in [0.29, 0.717) is 18.1 Å². The first-order valence-corrected chi connectivity index (χ1v) is 7.79. The van der Waals surface area contributed by atoms with E-state index in [2.05, 4.69) is 29.5 Å². The summed E-state index contributed by atoms with van der Waals surface area (Å²) < 4.78 is 8.81. The van der Waals surface area contributed by atoms with Crippen molar-refractivity contribution in [2.45, 2.75) is 46.1 Å². The lowest BCUT2D eigenvalue weighted by Crippen LogP contribution is -2.09. The molecule has 0 saturated heterocycles. The Morgan fingerprint density at radius 2 is 2.25 bits per heavy atom. The molecule has 1 aromatic heterocycles. The van der Waals surface area contributed by atoms with Crippen LogP contribution in [0.2, 0.25) is 0 Å². The fourth-order valence-corrected chi connectivity index (χ4v) is 3.73. The second-order valence-corrected chi connectivity index (χ2v) is 6.83. The fraction of sp³-hybridized carbons (Fsp3) is 0.562. The molecular formula is C16H22N2OS. The summed E-state index contributed by atoms with van der Waals surface area (Å²) in [7, 11) is 0. The average molecular weight is 290 g/mol. The Bertz CT molecular complexity index is 683. The molecule has 1 fully saturated rings. The van der Waals surface area contributed by atoms with E-state index in [9.17, 15) is 0 Å². The van der Waals surface area contributed by atoms with Crippen LogP contribution in [-0.4, -0.2) is 16.2 Å². The first-order valence-electron chi connectivity index (χ1n) is 7.38. The summed E-state index contributed by atoms with van der Waals surface area (Å²) in [5.41, 5.74) is 2.62. The number of aromatic amines is 1. The van der Waals surface area contributed by atoms with Gasteiger partial charge in [0.15, 0.2) is 4.77 Å². The SMILES string of the molecule is CCOc1cccc2c1[nH]c(=S)n2C1CCC(C)(C)C1. The summed E-state index contributed by atoms with van der Waals surface area (Å²) in [4.78, 5) is 3.34. The van der Waals surface area contributed by atoms with Crippen LogP contribution in [0, 0.1) is 10.2 Å². The minimum absolute atomic E-state index is 0.417. The lowest BCUT2D eigenvalue weighted by Gasteiger charge is -2.18. The number of nitrogens with zero attached hydrogens (tertiary/aromatic N) is 1. The van der Waals surface area contributed by atoms with Gasteiger partial charge >= 0.3 is 0 Å². The number of H-pyrrole nitrogens is 1. The highest BCUT2D eigenvalue weighted by Crippen LogP contribution is 2.44. The van der Waals surface area contributed by atoms with Gasteiger partial charge in [0.25, 0.3) is 0 Å². The van der Waals surface area contributed by atoms with Crippen LogP contribution in [0.5, 0.6) is 5.75 Å². The van der Waals surface area contributed by atoms with Crippen molar-refractivity contribution in [1.29, 1.82) is 0 Å². The normalized spacial score (nSPS) is 21.4. The van der Waals surface area contributed by atoms with E-state index in [0.717, 1.165) is 16.0 Å². The van der Waals surface area contributed by atoms with Crippen molar-refractivity contribution in [2.75, 3.05) is 6.61 Å². The van der Waals surface area contributed by atoms with E-state index in [1.165, 1.54) is 24.8 Å². The summed E-state index contributed by atoms with van der Waals surface area (Å²) in [5, 5.41) is 0. The molecule has 0 radical (unpaired) electrons.